The molecule has 1 fully saturated rings. The predicted molar refractivity (Wildman–Crippen MR) is 75.3 cm³/mol. The van der Waals surface area contributed by atoms with Gasteiger partial charge in [-0.3, -0.25) is 14.5 Å². The summed E-state index contributed by atoms with van der Waals surface area (Å²) >= 11 is 0. The highest BCUT2D eigenvalue weighted by Crippen LogP contribution is 2.19. The van der Waals surface area contributed by atoms with E-state index >= 15 is 0 Å². The Morgan fingerprint density at radius 2 is 2.10 bits per heavy atom. The van der Waals surface area contributed by atoms with Crippen molar-refractivity contribution in [3.63, 3.8) is 0 Å². The van der Waals surface area contributed by atoms with E-state index in [4.69, 9.17) is 9.47 Å². The molecule has 1 aliphatic rings. The smallest absolute Gasteiger partial charge is 0.307 e. The number of nitrogens with zero attached hydrogens (tertiary/aromatic N) is 1. The van der Waals surface area contributed by atoms with Gasteiger partial charge in [-0.1, -0.05) is 6.42 Å². The van der Waals surface area contributed by atoms with E-state index in [-0.39, 0.29) is 17.9 Å². The molecule has 1 heterocycles. The van der Waals surface area contributed by atoms with Crippen LogP contribution >= 0.6 is 0 Å². The molecule has 1 amide bonds. The third-order valence-corrected chi connectivity index (χ3v) is 3.57. The molecule has 20 heavy (non-hydrogen) atoms. The summed E-state index contributed by atoms with van der Waals surface area (Å²) in [4.78, 5) is 25.3. The number of piperidine rings is 1. The number of likely N-dealkylation sites (tertiary alicyclic amines) is 1. The normalized spacial score (nSPS) is 19.6. The Bertz CT molecular complexity index is 310. The topological polar surface area (TPSA) is 67.9 Å². The first kappa shape index (κ1) is 16.9. The third-order valence-electron chi connectivity index (χ3n) is 3.57. The van der Waals surface area contributed by atoms with Crippen molar-refractivity contribution in [2.45, 2.75) is 38.1 Å². The quantitative estimate of drug-likeness (QED) is 0.521. The second-order valence-corrected chi connectivity index (χ2v) is 5.10. The Morgan fingerprint density at radius 1 is 1.30 bits per heavy atom. The number of methoxy groups -OCH3 is 2. The van der Waals surface area contributed by atoms with E-state index < -0.39 is 0 Å². The maximum Gasteiger partial charge on any atom is 0.307 e. The Hall–Kier alpha value is -1.14. The molecule has 0 saturated carbocycles. The van der Waals surface area contributed by atoms with Crippen molar-refractivity contribution in [3.8, 4) is 0 Å². The molecule has 0 aromatic rings. The molecule has 0 radical (unpaired) electrons. The van der Waals surface area contributed by atoms with E-state index in [0.717, 1.165) is 32.2 Å². The number of amides is 1. The molecule has 1 atom stereocenters. The number of hydrogen-bond donors (Lipinski definition) is 1. The van der Waals surface area contributed by atoms with E-state index in [9.17, 15) is 9.59 Å². The van der Waals surface area contributed by atoms with Gasteiger partial charge in [0, 0.05) is 26.3 Å². The van der Waals surface area contributed by atoms with Gasteiger partial charge in [-0.2, -0.15) is 0 Å². The molecule has 1 N–H and O–H groups in total. The van der Waals surface area contributed by atoms with Gasteiger partial charge in [-0.25, -0.2) is 0 Å². The largest absolute Gasteiger partial charge is 0.469 e. The highest BCUT2D eigenvalue weighted by atomic mass is 16.5. The van der Waals surface area contributed by atoms with Crippen LogP contribution in [0.5, 0.6) is 0 Å². The molecule has 1 saturated heterocycles. The van der Waals surface area contributed by atoms with Crippen LogP contribution in [0.3, 0.4) is 0 Å². The molecule has 0 spiro atoms. The molecule has 6 nitrogen and oxygen atoms in total. The molecule has 0 aromatic heterocycles. The molecular weight excluding hydrogens is 260 g/mol. The van der Waals surface area contributed by atoms with Gasteiger partial charge in [-0.05, 0) is 25.8 Å². The minimum atomic E-state index is -0.206. The second kappa shape index (κ2) is 9.72. The summed E-state index contributed by atoms with van der Waals surface area (Å²) in [5.74, 6) is -0.194. The van der Waals surface area contributed by atoms with Crippen LogP contribution in [0.4, 0.5) is 0 Å². The maximum atomic E-state index is 11.9. The molecular formula is C14H26N2O4. The van der Waals surface area contributed by atoms with Gasteiger partial charge in [0.1, 0.15) is 0 Å². The van der Waals surface area contributed by atoms with Gasteiger partial charge >= 0.3 is 5.97 Å². The number of esters is 1. The number of carbonyl (C=O) groups is 2. The van der Waals surface area contributed by atoms with Crippen molar-refractivity contribution in [2.24, 2.45) is 0 Å². The highest BCUT2D eigenvalue weighted by molar-refractivity contribution is 5.78. The minimum Gasteiger partial charge on any atom is -0.469 e. The fourth-order valence-electron chi connectivity index (χ4n) is 2.46. The van der Waals surface area contributed by atoms with Crippen molar-refractivity contribution >= 4 is 11.9 Å². The molecule has 1 rings (SSSR count). The van der Waals surface area contributed by atoms with Crippen molar-refractivity contribution in [1.29, 1.82) is 0 Å². The fourth-order valence-corrected chi connectivity index (χ4v) is 2.46. The van der Waals surface area contributed by atoms with Crippen LogP contribution in [0.25, 0.3) is 0 Å². The lowest BCUT2D eigenvalue weighted by Crippen LogP contribution is -2.46. The summed E-state index contributed by atoms with van der Waals surface area (Å²) < 4.78 is 9.65. The van der Waals surface area contributed by atoms with Gasteiger partial charge in [0.05, 0.1) is 20.1 Å². The summed E-state index contributed by atoms with van der Waals surface area (Å²) in [7, 11) is 3.05. The standard InChI is InChI=1S/C14H26N2O4/c1-19-9-5-7-15-13(17)11-16-8-4-3-6-12(16)10-14(18)20-2/h12H,3-11H2,1-2H3,(H,15,17). The highest BCUT2D eigenvalue weighted by Gasteiger charge is 2.26. The monoisotopic (exact) mass is 286 g/mol. The Labute approximate surface area is 120 Å². The fraction of sp³-hybridized carbons (Fsp3) is 0.857. The van der Waals surface area contributed by atoms with Gasteiger partial charge in [-0.15, -0.1) is 0 Å². The molecule has 0 bridgehead atoms. The van der Waals surface area contributed by atoms with E-state index in [1.54, 1.807) is 7.11 Å². The van der Waals surface area contributed by atoms with E-state index in [1.807, 2.05) is 0 Å². The number of nitrogens with one attached hydrogen (secondary N) is 1. The molecule has 116 valence electrons. The second-order valence-electron chi connectivity index (χ2n) is 5.10. The zero-order chi connectivity index (χ0) is 14.8. The molecule has 0 aliphatic carbocycles. The van der Waals surface area contributed by atoms with Gasteiger partial charge in [0.25, 0.3) is 0 Å². The van der Waals surface area contributed by atoms with Crippen LogP contribution in [0.15, 0.2) is 0 Å². The van der Waals surface area contributed by atoms with Crippen LogP contribution in [0.2, 0.25) is 0 Å². The lowest BCUT2D eigenvalue weighted by Gasteiger charge is -2.34. The molecule has 0 aromatic carbocycles. The Morgan fingerprint density at radius 3 is 2.80 bits per heavy atom. The lowest BCUT2D eigenvalue weighted by atomic mass is 9.99. The van der Waals surface area contributed by atoms with E-state index in [0.29, 0.717) is 26.1 Å². The zero-order valence-electron chi connectivity index (χ0n) is 12.5. The van der Waals surface area contributed by atoms with E-state index in [1.165, 1.54) is 7.11 Å². The average molecular weight is 286 g/mol. The first-order chi connectivity index (χ1) is 9.67. The van der Waals surface area contributed by atoms with Gasteiger partial charge in [0.2, 0.25) is 5.91 Å². The van der Waals surface area contributed by atoms with Gasteiger partial charge in [0.15, 0.2) is 0 Å². The third kappa shape index (κ3) is 6.34. The predicted octanol–water partition coefficient (Wildman–Crippen LogP) is 0.557. The van der Waals surface area contributed by atoms with Crippen molar-refractivity contribution in [1.82, 2.24) is 10.2 Å². The number of hydrogen-bond acceptors (Lipinski definition) is 5. The summed E-state index contributed by atoms with van der Waals surface area (Å²) in [6.45, 7) is 2.50. The summed E-state index contributed by atoms with van der Waals surface area (Å²) in [5, 5.41) is 2.88. The van der Waals surface area contributed by atoms with Gasteiger partial charge < -0.3 is 14.8 Å². The minimum absolute atomic E-state index is 0.0119. The first-order valence-corrected chi connectivity index (χ1v) is 7.24. The number of ether oxygens (including phenoxy) is 2. The van der Waals surface area contributed by atoms with Crippen molar-refractivity contribution in [2.75, 3.05) is 40.5 Å². The van der Waals surface area contributed by atoms with Crippen molar-refractivity contribution in [3.05, 3.63) is 0 Å². The summed E-state index contributed by atoms with van der Waals surface area (Å²) in [5.41, 5.74) is 0. The average Bonchev–Trinajstić information content (AvgIpc) is 2.45. The van der Waals surface area contributed by atoms with Crippen LogP contribution in [-0.4, -0.2) is 63.3 Å². The van der Waals surface area contributed by atoms with Crippen LogP contribution in [0, 0.1) is 0 Å². The molecule has 1 aliphatic heterocycles. The van der Waals surface area contributed by atoms with E-state index in [2.05, 4.69) is 10.2 Å². The van der Waals surface area contributed by atoms with Crippen LogP contribution < -0.4 is 5.32 Å². The number of rotatable bonds is 8. The maximum absolute atomic E-state index is 11.9. The SMILES string of the molecule is COCCCNC(=O)CN1CCCCC1CC(=O)OC. The molecule has 1 unspecified atom stereocenters. The van der Waals surface area contributed by atoms with Crippen molar-refractivity contribution < 1.29 is 19.1 Å². The summed E-state index contributed by atoms with van der Waals surface area (Å²) in [6, 6.07) is 0.126. The van der Waals surface area contributed by atoms with Crippen LogP contribution in [-0.2, 0) is 19.1 Å². The first-order valence-electron chi connectivity index (χ1n) is 7.24. The molecule has 6 heteroatoms. The number of carbonyl (C=O) groups excluding carboxylic acids is 2. The lowest BCUT2D eigenvalue weighted by molar-refractivity contribution is -0.143. The van der Waals surface area contributed by atoms with Crippen LogP contribution in [0.1, 0.15) is 32.1 Å². The Kier molecular flexibility index (Phi) is 8.22. The summed E-state index contributed by atoms with van der Waals surface area (Å²) in [6.07, 6.45) is 4.32. The Balaban J connectivity index is 2.33. The zero-order valence-corrected chi connectivity index (χ0v) is 12.5.